The normalized spacial score (nSPS) is 26.3. The molecular weight excluding hydrogens is 540 g/mol. The molecule has 4 atom stereocenters. The van der Waals surface area contributed by atoms with Crippen molar-refractivity contribution in [1.82, 2.24) is 19.5 Å². The summed E-state index contributed by atoms with van der Waals surface area (Å²) in [5, 5.41) is 1.11. The first-order chi connectivity index (χ1) is 14.9. The second-order valence-electron chi connectivity index (χ2n) is 9.04. The number of rotatable bonds is 5. The third-order valence-corrected chi connectivity index (χ3v) is 10.1. The van der Waals surface area contributed by atoms with Crippen LogP contribution in [-0.4, -0.2) is 75.4 Å². The molecule has 0 spiro atoms. The number of alkyl halides is 1. The lowest BCUT2D eigenvalue weighted by Gasteiger charge is -2.17. The van der Waals surface area contributed by atoms with E-state index in [2.05, 4.69) is 30.9 Å². The molecule has 2 aliphatic heterocycles. The van der Waals surface area contributed by atoms with Crippen molar-refractivity contribution in [3.63, 3.8) is 0 Å². The summed E-state index contributed by atoms with van der Waals surface area (Å²) in [4.78, 5) is 12.3. The Balaban J connectivity index is 0.000000222. The lowest BCUT2D eigenvalue weighted by molar-refractivity contribution is 0.0749. The van der Waals surface area contributed by atoms with Crippen molar-refractivity contribution in [2.75, 3.05) is 37.7 Å². The van der Waals surface area contributed by atoms with Crippen molar-refractivity contribution >= 4 is 58.9 Å². The number of imidazole rings is 1. The Morgan fingerprint density at radius 3 is 2.12 bits per heavy atom. The average molecular weight is 571 g/mol. The van der Waals surface area contributed by atoms with E-state index in [1.165, 1.54) is 0 Å². The molecule has 2 aromatic rings. The summed E-state index contributed by atoms with van der Waals surface area (Å²) < 4.78 is 36.9. The molecule has 0 aromatic carbocycles. The van der Waals surface area contributed by atoms with Gasteiger partial charge in [0.2, 0.25) is 5.95 Å². The van der Waals surface area contributed by atoms with Crippen molar-refractivity contribution in [2.24, 2.45) is 0 Å². The molecule has 2 saturated heterocycles. The molecule has 2 N–H and O–H groups in total. The molecule has 32 heavy (non-hydrogen) atoms. The zero-order valence-corrected chi connectivity index (χ0v) is 22.9. The number of ether oxygens (including phenoxy) is 2. The Labute approximate surface area is 202 Å². The van der Waals surface area contributed by atoms with Gasteiger partial charge in [0.15, 0.2) is 10.8 Å². The molecule has 0 saturated carbocycles. The molecule has 2 aromatic heterocycles. The van der Waals surface area contributed by atoms with Crippen LogP contribution in [0.2, 0.25) is 5.15 Å². The van der Waals surface area contributed by atoms with Gasteiger partial charge in [0, 0.05) is 5.33 Å². The minimum Gasteiger partial charge on any atom is -0.368 e. The van der Waals surface area contributed by atoms with Crippen LogP contribution in [0.4, 0.5) is 5.95 Å². The van der Waals surface area contributed by atoms with E-state index < -0.39 is 14.3 Å². The van der Waals surface area contributed by atoms with Crippen LogP contribution < -0.4 is 5.73 Å². The lowest BCUT2D eigenvalue weighted by atomic mass is 10.2. The molecule has 0 bridgehead atoms. The van der Waals surface area contributed by atoms with Crippen LogP contribution in [0.25, 0.3) is 11.2 Å². The first-order valence-corrected chi connectivity index (χ1v) is 17.3. The minimum atomic E-state index is -2.22. The fourth-order valence-electron chi connectivity index (χ4n) is 3.81. The van der Waals surface area contributed by atoms with Crippen LogP contribution >= 0.6 is 41.8 Å². The number of aromatic nitrogens is 4. The molecule has 4 rings (SSSR count). The van der Waals surface area contributed by atoms with E-state index in [0.29, 0.717) is 17.7 Å². The molecule has 2 aliphatic rings. The summed E-state index contributed by atoms with van der Waals surface area (Å²) in [6, 6.07) is 0. The van der Waals surface area contributed by atoms with Crippen LogP contribution in [0.5, 0.6) is 0 Å². The number of hydrogen-bond donors (Lipinski definition) is 1. The summed E-state index contributed by atoms with van der Waals surface area (Å²) in [5.41, 5.74) is 6.74. The van der Waals surface area contributed by atoms with Crippen molar-refractivity contribution in [3.05, 3.63) is 11.5 Å². The minimum absolute atomic E-state index is 0.00408. The molecule has 0 aliphatic carbocycles. The molecule has 2 fully saturated rings. The molecule has 13 heteroatoms. The Morgan fingerprint density at radius 1 is 1.06 bits per heavy atom. The van der Waals surface area contributed by atoms with Gasteiger partial charge in [-0.15, -0.1) is 0 Å². The van der Waals surface area contributed by atoms with Gasteiger partial charge in [-0.1, -0.05) is 27.5 Å². The summed E-state index contributed by atoms with van der Waals surface area (Å²) in [6.45, 7) is 7.71. The molecule has 0 unspecified atom stereocenters. The summed E-state index contributed by atoms with van der Waals surface area (Å²) >= 11 is 9.36. The van der Waals surface area contributed by atoms with Gasteiger partial charge in [0.1, 0.15) is 31.5 Å². The van der Waals surface area contributed by atoms with Gasteiger partial charge in [-0.05, 0) is 52.3 Å². The zero-order valence-electron chi connectivity index (χ0n) is 18.8. The van der Waals surface area contributed by atoms with Crippen molar-refractivity contribution in [3.8, 4) is 0 Å². The first-order valence-electron chi connectivity index (χ1n) is 10.5. The highest BCUT2D eigenvalue weighted by Crippen LogP contribution is 2.49. The van der Waals surface area contributed by atoms with E-state index in [4.69, 9.17) is 26.8 Å². The summed E-state index contributed by atoms with van der Waals surface area (Å²) in [7, 11) is -4.23. The fourth-order valence-corrected chi connectivity index (χ4v) is 6.98. The maximum absolute atomic E-state index is 12.1. The molecular formula is C19H31BrClN5O4P2. The van der Waals surface area contributed by atoms with Gasteiger partial charge in [0.05, 0.1) is 25.1 Å². The van der Waals surface area contributed by atoms with E-state index in [-0.39, 0.29) is 35.0 Å². The van der Waals surface area contributed by atoms with Crippen molar-refractivity contribution in [1.29, 1.82) is 0 Å². The fraction of sp³-hybridized carbons (Fsp3) is 0.737. The SMILES string of the molecule is CP(C)(=O)[C@@H]1CC[C@H](CBr)O1.CP(C)(=O)[C@@H]1CC[C@H](Cn2cnc3c(Cl)nc(N)nc32)O1. The highest BCUT2D eigenvalue weighted by molar-refractivity contribution is 9.09. The monoisotopic (exact) mass is 569 g/mol. The van der Waals surface area contributed by atoms with Gasteiger partial charge in [0.25, 0.3) is 0 Å². The standard InChI is InChI=1S/C12H17ClN5O2P.C7H14BrO2P/c1-21(2,19)8-4-3-7(20-8)5-18-6-15-9-10(13)16-12(14)17-11(9)18;1-11(2,9)7-4-3-6(5-8)10-7/h6-8H,3-5H2,1-2H3,(H2,14,16,17);6-7H,3-5H2,1-2H3/t7-,8-;6-,7-/m11/s1. The predicted octanol–water partition coefficient (Wildman–Crippen LogP) is 4.70. The maximum Gasteiger partial charge on any atom is 0.223 e. The van der Waals surface area contributed by atoms with Gasteiger partial charge in [-0.3, -0.25) is 0 Å². The van der Waals surface area contributed by atoms with Gasteiger partial charge < -0.3 is 28.9 Å². The largest absolute Gasteiger partial charge is 0.368 e. The third kappa shape index (κ3) is 6.55. The molecule has 180 valence electrons. The second-order valence-corrected chi connectivity index (χ2v) is 16.9. The van der Waals surface area contributed by atoms with E-state index in [1.807, 2.05) is 4.57 Å². The topological polar surface area (TPSA) is 122 Å². The number of nitrogens with two attached hydrogens (primary N) is 1. The Bertz CT molecular complexity index is 1040. The average Bonchev–Trinajstić information content (AvgIpc) is 3.41. The number of nitrogen functional groups attached to an aromatic ring is 1. The quantitative estimate of drug-likeness (QED) is 0.312. The highest BCUT2D eigenvalue weighted by Gasteiger charge is 2.34. The number of hydrogen-bond acceptors (Lipinski definition) is 8. The van der Waals surface area contributed by atoms with Crippen LogP contribution in [0.1, 0.15) is 25.7 Å². The number of anilines is 1. The van der Waals surface area contributed by atoms with Crippen LogP contribution in [0.15, 0.2) is 6.33 Å². The lowest BCUT2D eigenvalue weighted by Crippen LogP contribution is -2.17. The smallest absolute Gasteiger partial charge is 0.223 e. The molecule has 0 amide bonds. The van der Waals surface area contributed by atoms with Gasteiger partial charge in [-0.25, -0.2) is 4.98 Å². The van der Waals surface area contributed by atoms with E-state index >= 15 is 0 Å². The number of nitrogens with zero attached hydrogens (tertiary/aromatic N) is 4. The molecule has 4 heterocycles. The zero-order chi connectivity index (χ0) is 23.7. The molecule has 9 nitrogen and oxygen atoms in total. The number of fused-ring (bicyclic) bond motifs is 1. The van der Waals surface area contributed by atoms with Gasteiger partial charge >= 0.3 is 0 Å². The Hall–Kier alpha value is -0.500. The van der Waals surface area contributed by atoms with Crippen LogP contribution in [0.3, 0.4) is 0 Å². The van der Waals surface area contributed by atoms with Crippen LogP contribution in [-0.2, 0) is 25.1 Å². The predicted molar refractivity (Wildman–Crippen MR) is 133 cm³/mol. The van der Waals surface area contributed by atoms with Crippen molar-refractivity contribution in [2.45, 2.75) is 56.1 Å². The van der Waals surface area contributed by atoms with Crippen molar-refractivity contribution < 1.29 is 18.6 Å². The van der Waals surface area contributed by atoms with E-state index in [0.717, 1.165) is 31.0 Å². The summed E-state index contributed by atoms with van der Waals surface area (Å²) in [6.07, 6.45) is 5.62. The second kappa shape index (κ2) is 10.4. The van der Waals surface area contributed by atoms with Crippen LogP contribution in [0, 0.1) is 0 Å². The highest BCUT2D eigenvalue weighted by atomic mass is 79.9. The molecule has 0 radical (unpaired) electrons. The number of halogens is 2. The first kappa shape index (κ1) is 26.1. The van der Waals surface area contributed by atoms with Gasteiger partial charge in [-0.2, -0.15) is 9.97 Å². The maximum atomic E-state index is 12.1. The van der Waals surface area contributed by atoms with E-state index in [9.17, 15) is 9.13 Å². The third-order valence-electron chi connectivity index (χ3n) is 5.57. The van der Waals surface area contributed by atoms with E-state index in [1.54, 1.807) is 33.0 Å². The Morgan fingerprint density at radius 2 is 1.62 bits per heavy atom. The summed E-state index contributed by atoms with van der Waals surface area (Å²) in [5.74, 6) is -0.0169. The Kier molecular flexibility index (Phi) is 8.49.